The third kappa shape index (κ3) is 7.08. The van der Waals surface area contributed by atoms with Gasteiger partial charge in [0.2, 0.25) is 0 Å². The van der Waals surface area contributed by atoms with Gasteiger partial charge in [-0.1, -0.05) is 127 Å². The Bertz CT molecular complexity index is 1650. The molecule has 0 fully saturated rings. The van der Waals surface area contributed by atoms with Crippen molar-refractivity contribution in [2.24, 2.45) is 4.99 Å². The molecule has 210 valence electrons. The van der Waals surface area contributed by atoms with Crippen molar-refractivity contribution in [3.8, 4) is 0 Å². The summed E-state index contributed by atoms with van der Waals surface area (Å²) in [6.07, 6.45) is 0.0899. The molecule has 0 saturated heterocycles. The van der Waals surface area contributed by atoms with Crippen molar-refractivity contribution in [1.29, 1.82) is 0 Å². The molecule has 5 aromatic carbocycles. The van der Waals surface area contributed by atoms with Gasteiger partial charge in [0.25, 0.3) is 0 Å². The van der Waals surface area contributed by atoms with E-state index in [1.807, 2.05) is 154 Å². The van der Waals surface area contributed by atoms with Gasteiger partial charge in [0, 0.05) is 29.0 Å². The van der Waals surface area contributed by atoms with E-state index in [0.29, 0.717) is 11.3 Å². The monoisotopic (exact) mass is 553 g/mol. The molecule has 0 amide bonds. The van der Waals surface area contributed by atoms with E-state index in [0.717, 1.165) is 27.5 Å². The number of ether oxygens (including phenoxy) is 1. The van der Waals surface area contributed by atoms with Crippen LogP contribution in [0.2, 0.25) is 0 Å². The number of esters is 1. The van der Waals surface area contributed by atoms with E-state index in [2.05, 4.69) is 0 Å². The minimum atomic E-state index is -0.966. The number of fused-ring (bicyclic) bond motifs is 1. The standard InChI is InChI=1S/C38H35NO3/c1-38(2,3)42-37(41)36(39-35(29-18-9-5-10-19-29)30-20-11-6-12-21-30)33(28-16-7-4-8-17-28)26-34(40)32-24-23-27-15-13-14-22-31(27)25-32/h4-25,33,36H,26H2,1-3H3/t33-,36+/m0/s1. The average molecular weight is 554 g/mol. The Morgan fingerprint density at radius 1 is 0.643 bits per heavy atom. The molecular weight excluding hydrogens is 518 g/mol. The predicted octanol–water partition coefficient (Wildman–Crippen LogP) is 8.44. The second kappa shape index (κ2) is 12.8. The summed E-state index contributed by atoms with van der Waals surface area (Å²) in [4.78, 5) is 33.1. The van der Waals surface area contributed by atoms with E-state index >= 15 is 0 Å². The molecule has 0 aliphatic rings. The number of nitrogens with zero attached hydrogens (tertiary/aromatic N) is 1. The van der Waals surface area contributed by atoms with Crippen molar-refractivity contribution in [3.05, 3.63) is 156 Å². The van der Waals surface area contributed by atoms with Gasteiger partial charge in [-0.25, -0.2) is 4.79 Å². The Morgan fingerprint density at radius 3 is 1.74 bits per heavy atom. The highest BCUT2D eigenvalue weighted by atomic mass is 16.6. The number of rotatable bonds is 9. The zero-order chi connectivity index (χ0) is 29.5. The van der Waals surface area contributed by atoms with Crippen LogP contribution in [-0.2, 0) is 9.53 Å². The quantitative estimate of drug-likeness (QED) is 0.105. The van der Waals surface area contributed by atoms with E-state index < -0.39 is 23.5 Å². The molecule has 0 radical (unpaired) electrons. The molecule has 42 heavy (non-hydrogen) atoms. The molecule has 5 aromatic rings. The first kappa shape index (κ1) is 28.7. The predicted molar refractivity (Wildman–Crippen MR) is 170 cm³/mol. The van der Waals surface area contributed by atoms with Crippen molar-refractivity contribution in [2.75, 3.05) is 0 Å². The molecular formula is C38H35NO3. The van der Waals surface area contributed by atoms with Gasteiger partial charge in [-0.05, 0) is 43.2 Å². The molecule has 2 atom stereocenters. The molecule has 0 unspecified atom stereocenters. The minimum Gasteiger partial charge on any atom is -0.458 e. The summed E-state index contributed by atoms with van der Waals surface area (Å²) in [5, 5.41) is 2.07. The fourth-order valence-corrected chi connectivity index (χ4v) is 5.11. The number of Topliss-reactive ketones (excluding diaryl/α,β-unsaturated/α-hetero) is 1. The molecule has 4 heteroatoms. The number of aliphatic imine (C=N–C) groups is 1. The molecule has 0 aliphatic carbocycles. The lowest BCUT2D eigenvalue weighted by molar-refractivity contribution is -0.156. The van der Waals surface area contributed by atoms with E-state index in [4.69, 9.17) is 9.73 Å². The summed E-state index contributed by atoms with van der Waals surface area (Å²) in [5.74, 6) is -1.08. The van der Waals surface area contributed by atoms with Crippen molar-refractivity contribution in [1.82, 2.24) is 0 Å². The highest BCUT2D eigenvalue weighted by molar-refractivity contribution is 6.13. The maximum Gasteiger partial charge on any atom is 0.332 e. The topological polar surface area (TPSA) is 55.7 Å². The third-order valence-corrected chi connectivity index (χ3v) is 7.10. The van der Waals surface area contributed by atoms with Gasteiger partial charge in [0.15, 0.2) is 11.8 Å². The van der Waals surface area contributed by atoms with Crippen LogP contribution in [0.5, 0.6) is 0 Å². The van der Waals surface area contributed by atoms with Crippen molar-refractivity contribution < 1.29 is 14.3 Å². The zero-order valence-corrected chi connectivity index (χ0v) is 24.2. The van der Waals surface area contributed by atoms with Gasteiger partial charge < -0.3 is 4.74 Å². The van der Waals surface area contributed by atoms with Crippen LogP contribution in [-0.4, -0.2) is 29.1 Å². The fraction of sp³-hybridized carbons (Fsp3) is 0.184. The summed E-state index contributed by atoms with van der Waals surface area (Å²) in [6.45, 7) is 5.54. The van der Waals surface area contributed by atoms with Gasteiger partial charge in [0.1, 0.15) is 5.60 Å². The maximum atomic E-state index is 14.0. The summed E-state index contributed by atoms with van der Waals surface area (Å²) in [7, 11) is 0. The molecule has 0 aliphatic heterocycles. The van der Waals surface area contributed by atoms with Crippen molar-refractivity contribution in [2.45, 2.75) is 44.8 Å². The fourth-order valence-electron chi connectivity index (χ4n) is 5.11. The lowest BCUT2D eigenvalue weighted by Crippen LogP contribution is -2.36. The van der Waals surface area contributed by atoms with Gasteiger partial charge in [-0.2, -0.15) is 0 Å². The SMILES string of the molecule is CC(C)(C)OC(=O)[C@H](N=C(c1ccccc1)c1ccccc1)[C@@H](CC(=O)c1ccc2ccccc2c1)c1ccccc1. The second-order valence-corrected chi connectivity index (χ2v) is 11.4. The van der Waals surface area contributed by atoms with E-state index in [-0.39, 0.29) is 12.2 Å². The number of benzene rings is 5. The molecule has 0 bridgehead atoms. The number of carbonyl (C=O) groups is 2. The van der Waals surface area contributed by atoms with Crippen molar-refractivity contribution >= 4 is 28.2 Å². The second-order valence-electron chi connectivity index (χ2n) is 11.4. The Labute approximate surface area is 247 Å². The first-order valence-electron chi connectivity index (χ1n) is 14.3. The highest BCUT2D eigenvalue weighted by Gasteiger charge is 2.35. The minimum absolute atomic E-state index is 0.0562. The lowest BCUT2D eigenvalue weighted by atomic mass is 9.85. The van der Waals surface area contributed by atoms with Crippen LogP contribution in [0, 0.1) is 0 Å². The maximum absolute atomic E-state index is 14.0. The van der Waals surface area contributed by atoms with Crippen LogP contribution >= 0.6 is 0 Å². The number of hydrogen-bond donors (Lipinski definition) is 0. The molecule has 0 heterocycles. The number of carbonyl (C=O) groups excluding carboxylic acids is 2. The first-order valence-corrected chi connectivity index (χ1v) is 14.3. The van der Waals surface area contributed by atoms with Crippen LogP contribution < -0.4 is 0 Å². The van der Waals surface area contributed by atoms with Gasteiger partial charge in [0.05, 0.1) is 5.71 Å². The van der Waals surface area contributed by atoms with E-state index in [1.165, 1.54) is 0 Å². The van der Waals surface area contributed by atoms with Gasteiger partial charge >= 0.3 is 5.97 Å². The first-order chi connectivity index (χ1) is 20.3. The van der Waals surface area contributed by atoms with Gasteiger partial charge in [-0.15, -0.1) is 0 Å². The summed E-state index contributed by atoms with van der Waals surface area (Å²) in [5.41, 5.74) is 3.16. The lowest BCUT2D eigenvalue weighted by Gasteiger charge is -2.28. The summed E-state index contributed by atoms with van der Waals surface area (Å²) in [6, 6.07) is 42.1. The molecule has 0 saturated carbocycles. The molecule has 0 N–H and O–H groups in total. The van der Waals surface area contributed by atoms with E-state index in [9.17, 15) is 9.59 Å². The van der Waals surface area contributed by atoms with Crippen LogP contribution in [0.4, 0.5) is 0 Å². The van der Waals surface area contributed by atoms with Crippen LogP contribution in [0.15, 0.2) is 138 Å². The Morgan fingerprint density at radius 2 is 1.17 bits per heavy atom. The average Bonchev–Trinajstić information content (AvgIpc) is 3.01. The molecule has 0 aromatic heterocycles. The molecule has 5 rings (SSSR count). The summed E-state index contributed by atoms with van der Waals surface area (Å²) < 4.78 is 5.96. The Hall–Kier alpha value is -4.83. The van der Waals surface area contributed by atoms with E-state index in [1.54, 1.807) is 0 Å². The van der Waals surface area contributed by atoms with Crippen molar-refractivity contribution in [3.63, 3.8) is 0 Å². The highest BCUT2D eigenvalue weighted by Crippen LogP contribution is 2.31. The Kier molecular flexibility index (Phi) is 8.73. The smallest absolute Gasteiger partial charge is 0.332 e. The van der Waals surface area contributed by atoms with Crippen LogP contribution in [0.1, 0.15) is 60.2 Å². The summed E-state index contributed by atoms with van der Waals surface area (Å²) >= 11 is 0. The normalized spacial score (nSPS) is 12.7. The largest absolute Gasteiger partial charge is 0.458 e. The van der Waals surface area contributed by atoms with Gasteiger partial charge in [-0.3, -0.25) is 9.79 Å². The molecule has 4 nitrogen and oxygen atoms in total. The Balaban J connectivity index is 1.64. The number of ketones is 1. The zero-order valence-electron chi connectivity index (χ0n) is 24.2. The number of hydrogen-bond acceptors (Lipinski definition) is 4. The third-order valence-electron chi connectivity index (χ3n) is 7.10. The van der Waals surface area contributed by atoms with Crippen LogP contribution in [0.25, 0.3) is 10.8 Å². The molecule has 0 spiro atoms. The van der Waals surface area contributed by atoms with Crippen LogP contribution in [0.3, 0.4) is 0 Å².